The number of carbonyl (C=O) groups is 2. The molecule has 0 aromatic heterocycles. The van der Waals surface area contributed by atoms with Crippen molar-refractivity contribution in [3.63, 3.8) is 0 Å². The van der Waals surface area contributed by atoms with Gasteiger partial charge in [-0.3, -0.25) is 9.59 Å². The molecule has 0 saturated heterocycles. The predicted octanol–water partition coefficient (Wildman–Crippen LogP) is 5.56. The summed E-state index contributed by atoms with van der Waals surface area (Å²) < 4.78 is 77.4. The summed E-state index contributed by atoms with van der Waals surface area (Å²) >= 11 is 0. The van der Waals surface area contributed by atoms with Crippen LogP contribution in [0.4, 0.5) is 37.7 Å². The number of rotatable bonds is 7. The second-order valence-corrected chi connectivity index (χ2v) is 7.08. The third kappa shape index (κ3) is 5.58. The first-order valence-electron chi connectivity index (χ1n) is 7.24. The highest BCUT2D eigenvalue weighted by Crippen LogP contribution is 2.37. The van der Waals surface area contributed by atoms with Crippen LogP contribution in [0.2, 0.25) is 0 Å². The molecule has 28 heavy (non-hydrogen) atoms. The van der Waals surface area contributed by atoms with Gasteiger partial charge in [-0.2, -0.15) is 26.3 Å². The second kappa shape index (κ2) is 8.78. The van der Waals surface area contributed by atoms with Gasteiger partial charge in [0.1, 0.15) is 0 Å². The van der Waals surface area contributed by atoms with E-state index in [1.807, 2.05) is 0 Å². The molecular weight excluding hydrogens is 430 g/mol. The zero-order valence-electron chi connectivity index (χ0n) is 13.6. The molecule has 0 heterocycles. The fourth-order valence-corrected chi connectivity index (χ4v) is 3.70. The lowest BCUT2D eigenvalue weighted by Crippen LogP contribution is -2.15. The summed E-state index contributed by atoms with van der Waals surface area (Å²) in [6, 6.07) is 7.49. The number of alkyl halides is 6. The van der Waals surface area contributed by atoms with E-state index < -0.39 is 23.5 Å². The third-order valence-corrected chi connectivity index (χ3v) is 5.43. The van der Waals surface area contributed by atoms with Crippen LogP contribution in [0.5, 0.6) is 0 Å². The van der Waals surface area contributed by atoms with Gasteiger partial charge in [-0.05, 0) is 48.5 Å². The topological polar surface area (TPSA) is 40.6 Å². The molecule has 2 aromatic rings. The summed E-state index contributed by atoms with van der Waals surface area (Å²) in [7, 11) is 1.40. The van der Waals surface area contributed by atoms with Gasteiger partial charge in [-0.25, -0.2) is 8.61 Å². The first-order valence-corrected chi connectivity index (χ1v) is 9.31. The van der Waals surface area contributed by atoms with Crippen molar-refractivity contribution < 1.29 is 35.9 Å². The Hall–Kier alpha value is -2.34. The Balaban J connectivity index is 2.08. The summed E-state index contributed by atoms with van der Waals surface area (Å²) in [5, 5.41) is 0. The van der Waals surface area contributed by atoms with E-state index in [0.29, 0.717) is 34.8 Å². The van der Waals surface area contributed by atoms with E-state index in [1.165, 1.54) is 0 Å². The molecule has 0 aliphatic rings. The van der Waals surface area contributed by atoms with Crippen LogP contribution in [-0.4, -0.2) is 12.8 Å². The molecule has 2 aromatic carbocycles. The molecule has 2 rings (SSSR count). The molecule has 0 aliphatic carbocycles. The average Bonchev–Trinajstić information content (AvgIpc) is 2.64. The molecule has 150 valence electrons. The van der Waals surface area contributed by atoms with E-state index >= 15 is 0 Å². The van der Waals surface area contributed by atoms with Gasteiger partial charge in [0.05, 0.1) is 44.5 Å². The molecule has 2 amide bonds. The van der Waals surface area contributed by atoms with Gasteiger partial charge in [0.25, 0.3) is 0 Å². The highest BCUT2D eigenvalue weighted by molar-refractivity contribution is 8.78. The van der Waals surface area contributed by atoms with Crippen molar-refractivity contribution in [3.8, 4) is 0 Å². The summed E-state index contributed by atoms with van der Waals surface area (Å²) in [5.74, 6) is 0. The fraction of sp³-hybridized carbons (Fsp3) is 0.125. The monoisotopic (exact) mass is 440 g/mol. The van der Waals surface area contributed by atoms with Crippen LogP contribution in [0.15, 0.2) is 48.5 Å². The van der Waals surface area contributed by atoms with E-state index in [0.717, 1.165) is 57.1 Å². The molecule has 4 nitrogen and oxygen atoms in total. The first kappa shape index (κ1) is 22.0. The minimum Gasteiger partial charge on any atom is -0.277 e. The maximum Gasteiger partial charge on any atom is 0.416 e. The number of hydrogen-bond donors (Lipinski definition) is 0. The number of halogens is 6. The van der Waals surface area contributed by atoms with E-state index in [-0.39, 0.29) is 11.4 Å². The lowest BCUT2D eigenvalue weighted by atomic mass is 10.2. The van der Waals surface area contributed by atoms with Crippen LogP contribution in [0.25, 0.3) is 0 Å². The standard InChI is InChI=1S/C16H10F6N2O2S2/c17-15(18,19)11-1-5-13(6-2-11)23(9-25)27-28-24(10-26)14-7-3-12(4-8-14)16(20,21)22/h1-10H. The molecule has 0 unspecified atom stereocenters. The Morgan fingerprint density at radius 2 is 0.893 bits per heavy atom. The number of nitrogens with zero attached hydrogens (tertiary/aromatic N) is 2. The maximum atomic E-state index is 12.6. The van der Waals surface area contributed by atoms with Crippen molar-refractivity contribution in [2.75, 3.05) is 8.61 Å². The van der Waals surface area contributed by atoms with E-state index in [9.17, 15) is 35.9 Å². The maximum absolute atomic E-state index is 12.6. The zero-order chi connectivity index (χ0) is 20.9. The molecule has 0 atom stereocenters. The van der Waals surface area contributed by atoms with Gasteiger partial charge < -0.3 is 0 Å². The highest BCUT2D eigenvalue weighted by Gasteiger charge is 2.31. The van der Waals surface area contributed by atoms with Crippen LogP contribution in [0, 0.1) is 0 Å². The van der Waals surface area contributed by atoms with Crippen molar-refractivity contribution in [2.45, 2.75) is 12.4 Å². The third-order valence-electron chi connectivity index (χ3n) is 3.28. The van der Waals surface area contributed by atoms with Crippen molar-refractivity contribution in [1.82, 2.24) is 0 Å². The van der Waals surface area contributed by atoms with Gasteiger partial charge >= 0.3 is 12.4 Å². The summed E-state index contributed by atoms with van der Waals surface area (Å²) in [5.41, 5.74) is -1.53. The van der Waals surface area contributed by atoms with E-state index in [1.54, 1.807) is 0 Å². The largest absolute Gasteiger partial charge is 0.416 e. The van der Waals surface area contributed by atoms with Crippen molar-refractivity contribution >= 4 is 46.2 Å². The number of amides is 2. The number of anilines is 2. The smallest absolute Gasteiger partial charge is 0.277 e. The minimum absolute atomic E-state index is 0.124. The van der Waals surface area contributed by atoms with Crippen LogP contribution in [-0.2, 0) is 21.9 Å². The SMILES string of the molecule is O=CN(SSN(C=O)c1ccc(C(F)(F)F)cc1)c1ccc(C(F)(F)F)cc1. The summed E-state index contributed by atoms with van der Waals surface area (Å²) in [6.07, 6.45) is -8.39. The van der Waals surface area contributed by atoms with Crippen molar-refractivity contribution in [2.24, 2.45) is 0 Å². The molecule has 0 aliphatic heterocycles. The van der Waals surface area contributed by atoms with Crippen LogP contribution >= 0.6 is 22.0 Å². The minimum atomic E-state index is -4.52. The van der Waals surface area contributed by atoms with Crippen LogP contribution in [0.3, 0.4) is 0 Å². The van der Waals surface area contributed by atoms with Crippen LogP contribution in [0.1, 0.15) is 11.1 Å². The Kier molecular flexibility index (Phi) is 6.88. The Morgan fingerprint density at radius 3 is 1.11 bits per heavy atom. The number of benzene rings is 2. The van der Waals surface area contributed by atoms with Gasteiger partial charge in [0, 0.05) is 0 Å². The molecule has 0 spiro atoms. The van der Waals surface area contributed by atoms with Crippen LogP contribution < -0.4 is 8.61 Å². The molecule has 0 saturated carbocycles. The predicted molar refractivity (Wildman–Crippen MR) is 95.2 cm³/mol. The fourth-order valence-electron chi connectivity index (χ4n) is 1.91. The van der Waals surface area contributed by atoms with Gasteiger partial charge in [0.2, 0.25) is 12.8 Å². The van der Waals surface area contributed by atoms with Crippen molar-refractivity contribution in [3.05, 3.63) is 59.7 Å². The molecule has 0 bridgehead atoms. The number of hydrogen-bond acceptors (Lipinski definition) is 4. The molecule has 0 fully saturated rings. The van der Waals surface area contributed by atoms with Gasteiger partial charge in [-0.15, -0.1) is 0 Å². The van der Waals surface area contributed by atoms with E-state index in [4.69, 9.17) is 0 Å². The summed E-state index contributed by atoms with van der Waals surface area (Å²) in [6.45, 7) is 0. The lowest BCUT2D eigenvalue weighted by Gasteiger charge is -2.20. The first-order chi connectivity index (χ1) is 13.1. The molecular formula is C16H10F6N2O2S2. The van der Waals surface area contributed by atoms with E-state index in [2.05, 4.69) is 0 Å². The van der Waals surface area contributed by atoms with Gasteiger partial charge in [0.15, 0.2) is 0 Å². The second-order valence-electron chi connectivity index (χ2n) is 5.10. The quantitative estimate of drug-likeness (QED) is 0.245. The lowest BCUT2D eigenvalue weighted by molar-refractivity contribution is -0.138. The number of carbonyl (C=O) groups excluding carboxylic acids is 2. The zero-order valence-corrected chi connectivity index (χ0v) is 15.2. The Morgan fingerprint density at radius 1 is 0.607 bits per heavy atom. The average molecular weight is 440 g/mol. The van der Waals surface area contributed by atoms with Gasteiger partial charge in [-0.1, -0.05) is 0 Å². The molecule has 0 N–H and O–H groups in total. The Labute approximate surface area is 163 Å². The van der Waals surface area contributed by atoms with Crippen molar-refractivity contribution in [1.29, 1.82) is 0 Å². The summed E-state index contributed by atoms with van der Waals surface area (Å²) in [4.78, 5) is 22.4. The molecule has 12 heteroatoms. The normalized spacial score (nSPS) is 11.8. The Bertz CT molecular complexity index is 740. The highest BCUT2D eigenvalue weighted by atomic mass is 33.1. The molecule has 0 radical (unpaired) electrons.